The molecule has 0 bridgehead atoms. The van der Waals surface area contributed by atoms with Gasteiger partial charge in [0.2, 0.25) is 0 Å². The molecule has 0 aromatic heterocycles. The van der Waals surface area contributed by atoms with Crippen molar-refractivity contribution in [3.8, 4) is 0 Å². The fourth-order valence-corrected chi connectivity index (χ4v) is 7.81. The Hall–Kier alpha value is 0. The minimum absolute atomic E-state index is 1.24. The van der Waals surface area contributed by atoms with Crippen LogP contribution in [0.15, 0.2) is 0 Å². The van der Waals surface area contributed by atoms with Crippen LogP contribution in [0, 0.1) is 59.2 Å². The van der Waals surface area contributed by atoms with E-state index in [1.165, 1.54) is 59.2 Å². The van der Waals surface area contributed by atoms with Crippen LogP contribution in [0.25, 0.3) is 0 Å². The van der Waals surface area contributed by atoms with Gasteiger partial charge in [0.15, 0.2) is 0 Å². The van der Waals surface area contributed by atoms with Crippen LogP contribution in [0.1, 0.15) is 25.7 Å². The van der Waals surface area contributed by atoms with Crippen LogP contribution in [0.3, 0.4) is 0 Å². The molecule has 74 valence electrons. The molecule has 0 nitrogen and oxygen atoms in total. The topological polar surface area (TPSA) is 0 Å². The zero-order valence-electron chi connectivity index (χ0n) is 8.60. The van der Waals surface area contributed by atoms with Gasteiger partial charge in [-0.25, -0.2) is 0 Å². The number of hydrogen-bond donors (Lipinski definition) is 0. The fraction of sp³-hybridized carbons (Fsp3) is 1.00. The molecule has 0 aliphatic heterocycles. The van der Waals surface area contributed by atoms with E-state index in [1.54, 1.807) is 25.7 Å². The molecule has 0 N–H and O–H groups in total. The van der Waals surface area contributed by atoms with Crippen LogP contribution >= 0.6 is 0 Å². The lowest BCUT2D eigenvalue weighted by Gasteiger charge is -2.88. The first-order chi connectivity index (χ1) is 6.97. The van der Waals surface area contributed by atoms with Gasteiger partial charge >= 0.3 is 0 Å². The van der Waals surface area contributed by atoms with Crippen molar-refractivity contribution in [3.05, 3.63) is 0 Å². The molecule has 0 radical (unpaired) electrons. The smallest absolute Gasteiger partial charge is 0.0312 e. The van der Waals surface area contributed by atoms with E-state index in [0.29, 0.717) is 0 Å². The van der Waals surface area contributed by atoms with E-state index < -0.39 is 0 Å². The Morgan fingerprint density at radius 3 is 0.929 bits per heavy atom. The first-order valence-electron chi connectivity index (χ1n) is 6.97. The summed E-state index contributed by atoms with van der Waals surface area (Å²) < 4.78 is 0. The summed E-state index contributed by atoms with van der Waals surface area (Å²) >= 11 is 0. The second-order valence-corrected chi connectivity index (χ2v) is 7.27. The maximum atomic E-state index is 1.65. The molecule has 8 unspecified atom stereocenters. The van der Waals surface area contributed by atoms with Crippen molar-refractivity contribution in [2.24, 2.45) is 59.2 Å². The summed E-state index contributed by atoms with van der Waals surface area (Å²) in [5.74, 6) is 12.7. The Bertz CT molecular complexity index is 216. The van der Waals surface area contributed by atoms with Crippen molar-refractivity contribution in [2.75, 3.05) is 0 Å². The van der Waals surface area contributed by atoms with Crippen molar-refractivity contribution in [1.29, 1.82) is 0 Å². The number of fused-ring (bicyclic) bond motifs is 13. The quantitative estimate of drug-likeness (QED) is 0.510. The Morgan fingerprint density at radius 2 is 0.643 bits per heavy atom. The minimum Gasteiger partial charge on any atom is -0.0496 e. The summed E-state index contributed by atoms with van der Waals surface area (Å²) in [4.78, 5) is 0. The van der Waals surface area contributed by atoms with Gasteiger partial charge < -0.3 is 0 Å². The molecule has 0 aromatic rings. The lowest BCUT2D eigenvalue weighted by molar-refractivity contribution is -0.408. The molecule has 5 saturated carbocycles. The van der Waals surface area contributed by atoms with Crippen LogP contribution < -0.4 is 0 Å². The van der Waals surface area contributed by atoms with Crippen LogP contribution in [0.5, 0.6) is 0 Å². The molecular formula is C14H18. The molecule has 8 atom stereocenters. The summed E-state index contributed by atoms with van der Waals surface area (Å²) in [6.07, 6.45) is 6.61. The molecular weight excluding hydrogens is 168 g/mol. The molecule has 5 fully saturated rings. The average molecular weight is 186 g/mol. The summed E-state index contributed by atoms with van der Waals surface area (Å²) in [5.41, 5.74) is 0. The standard InChI is InChI=1S/C14H18/c1-2-6-8-4-3-7-5(1)9-11(7)14-10(6)12(8)13(9)14/h5-14H,1-4H2. The Labute approximate surface area is 85.4 Å². The Balaban J connectivity index is 1.62. The van der Waals surface area contributed by atoms with Crippen molar-refractivity contribution in [3.63, 3.8) is 0 Å². The van der Waals surface area contributed by atoms with Crippen LogP contribution in [0.4, 0.5) is 0 Å². The lowest BCUT2D eigenvalue weighted by Crippen LogP contribution is -2.84. The number of hydrogen-bond acceptors (Lipinski definition) is 0. The van der Waals surface area contributed by atoms with Gasteiger partial charge in [-0.15, -0.1) is 0 Å². The molecule has 14 heavy (non-hydrogen) atoms. The minimum atomic E-state index is 1.24. The third kappa shape index (κ3) is 0.378. The summed E-state index contributed by atoms with van der Waals surface area (Å²) in [6, 6.07) is 0. The van der Waals surface area contributed by atoms with Crippen LogP contribution in [0.2, 0.25) is 0 Å². The maximum Gasteiger partial charge on any atom is -0.0312 e. The van der Waals surface area contributed by atoms with E-state index in [4.69, 9.17) is 0 Å². The highest BCUT2D eigenvalue weighted by Crippen LogP contribution is 2.87. The van der Waals surface area contributed by atoms with Crippen LogP contribution in [-0.2, 0) is 0 Å². The third-order valence-corrected chi connectivity index (χ3v) is 7.86. The monoisotopic (exact) mass is 186 g/mol. The van der Waals surface area contributed by atoms with Crippen molar-refractivity contribution >= 4 is 0 Å². The van der Waals surface area contributed by atoms with Gasteiger partial charge in [-0.1, -0.05) is 0 Å². The highest BCUT2D eigenvalue weighted by Gasteiger charge is 2.82. The zero-order valence-corrected chi connectivity index (χ0v) is 8.60. The molecule has 0 heteroatoms. The van der Waals surface area contributed by atoms with E-state index >= 15 is 0 Å². The molecule has 5 rings (SSSR count). The normalized spacial score (nSPS) is 84.0. The van der Waals surface area contributed by atoms with E-state index in [9.17, 15) is 0 Å². The van der Waals surface area contributed by atoms with E-state index in [1.807, 2.05) is 0 Å². The maximum absolute atomic E-state index is 1.65. The summed E-state index contributed by atoms with van der Waals surface area (Å²) in [6.45, 7) is 0. The first kappa shape index (κ1) is 6.55. The Kier molecular flexibility index (Phi) is 0.758. The van der Waals surface area contributed by atoms with Gasteiger partial charge in [0.05, 0.1) is 0 Å². The molecule has 5 aliphatic rings. The predicted molar refractivity (Wildman–Crippen MR) is 53.4 cm³/mol. The van der Waals surface area contributed by atoms with E-state index in [-0.39, 0.29) is 0 Å². The second-order valence-electron chi connectivity index (χ2n) is 7.27. The van der Waals surface area contributed by atoms with Crippen molar-refractivity contribution in [2.45, 2.75) is 25.7 Å². The SMILES string of the molecule is C1CC2C3CCC4C1C1C4C4C2C3C14. The van der Waals surface area contributed by atoms with Gasteiger partial charge in [0, 0.05) is 0 Å². The first-order valence-corrected chi connectivity index (χ1v) is 6.97. The molecule has 0 saturated heterocycles. The Morgan fingerprint density at radius 1 is 0.357 bits per heavy atom. The summed E-state index contributed by atoms with van der Waals surface area (Å²) in [7, 11) is 0. The van der Waals surface area contributed by atoms with E-state index in [2.05, 4.69) is 0 Å². The average Bonchev–Trinajstić information content (AvgIpc) is 2.05. The number of rotatable bonds is 0. The second kappa shape index (κ2) is 1.62. The fourth-order valence-electron chi connectivity index (χ4n) is 7.81. The van der Waals surface area contributed by atoms with E-state index in [0.717, 1.165) is 0 Å². The largest absolute Gasteiger partial charge is 0.0496 e. The molecule has 0 spiro atoms. The zero-order chi connectivity index (χ0) is 8.60. The highest BCUT2D eigenvalue weighted by molar-refractivity contribution is 5.30. The molecule has 0 amide bonds. The van der Waals surface area contributed by atoms with Crippen LogP contribution in [-0.4, -0.2) is 0 Å². The lowest BCUT2D eigenvalue weighted by atomic mass is 9.17. The molecule has 0 heterocycles. The van der Waals surface area contributed by atoms with Gasteiger partial charge in [-0.3, -0.25) is 0 Å². The summed E-state index contributed by atoms with van der Waals surface area (Å²) in [5, 5.41) is 0. The van der Waals surface area contributed by atoms with Gasteiger partial charge in [-0.2, -0.15) is 0 Å². The van der Waals surface area contributed by atoms with Crippen molar-refractivity contribution in [1.82, 2.24) is 0 Å². The van der Waals surface area contributed by atoms with Crippen molar-refractivity contribution < 1.29 is 0 Å². The third-order valence-electron chi connectivity index (χ3n) is 7.86. The predicted octanol–water partition coefficient (Wildman–Crippen LogP) is 2.79. The molecule has 0 aromatic carbocycles. The highest BCUT2D eigenvalue weighted by atomic mass is 14.9. The van der Waals surface area contributed by atoms with Gasteiger partial charge in [0.25, 0.3) is 0 Å². The van der Waals surface area contributed by atoms with Gasteiger partial charge in [-0.05, 0) is 84.9 Å². The molecule has 5 aliphatic carbocycles. The van der Waals surface area contributed by atoms with Gasteiger partial charge in [0.1, 0.15) is 0 Å².